The minimum absolute atomic E-state index is 0.760. The number of nitrogens with zero attached hydrogens (tertiary/aromatic N) is 4. The van der Waals surface area contributed by atoms with Crippen molar-refractivity contribution in [2.75, 3.05) is 6.54 Å². The van der Waals surface area contributed by atoms with Gasteiger partial charge in [0.15, 0.2) is 0 Å². The maximum atomic E-state index is 6.26. The molecule has 0 saturated carbocycles. The lowest BCUT2D eigenvalue weighted by molar-refractivity contribution is 0.209. The Bertz CT molecular complexity index is 796. The summed E-state index contributed by atoms with van der Waals surface area (Å²) in [4.78, 5) is 11.3. The Balaban J connectivity index is 1.65. The summed E-state index contributed by atoms with van der Waals surface area (Å²) in [6.45, 7) is 3.77. The van der Waals surface area contributed by atoms with Crippen LogP contribution in [-0.2, 0) is 19.6 Å². The number of hydrogen-bond donors (Lipinski definition) is 0. The van der Waals surface area contributed by atoms with Crippen molar-refractivity contribution in [1.29, 1.82) is 0 Å². The Labute approximate surface area is 128 Å². The van der Waals surface area contributed by atoms with Gasteiger partial charge in [-0.15, -0.1) is 0 Å². The van der Waals surface area contributed by atoms with E-state index in [1.807, 2.05) is 36.8 Å². The zero-order valence-corrected chi connectivity index (χ0v) is 12.3. The van der Waals surface area contributed by atoms with Crippen LogP contribution in [0.1, 0.15) is 11.4 Å². The van der Waals surface area contributed by atoms with Crippen LogP contribution in [0.4, 0.5) is 0 Å². The van der Waals surface area contributed by atoms with Crippen molar-refractivity contribution in [2.24, 2.45) is 0 Å². The molecule has 3 heterocycles. The van der Waals surface area contributed by atoms with Gasteiger partial charge in [0, 0.05) is 48.6 Å². The first-order valence-electron chi connectivity index (χ1n) is 7.06. The molecule has 0 N–H and O–H groups in total. The largest absolute Gasteiger partial charge is 0.333 e. The molecule has 0 atom stereocenters. The molecule has 106 valence electrons. The second-order valence-corrected chi connectivity index (χ2v) is 5.76. The Morgan fingerprint density at radius 3 is 3.00 bits per heavy atom. The van der Waals surface area contributed by atoms with Crippen molar-refractivity contribution in [3.05, 3.63) is 59.3 Å². The number of fused-ring (bicyclic) bond motifs is 2. The van der Waals surface area contributed by atoms with Gasteiger partial charge in [0.1, 0.15) is 5.82 Å². The average molecular weight is 299 g/mol. The molecule has 0 unspecified atom stereocenters. The Morgan fingerprint density at radius 2 is 2.05 bits per heavy atom. The van der Waals surface area contributed by atoms with Crippen LogP contribution in [0, 0.1) is 0 Å². The van der Waals surface area contributed by atoms with E-state index in [1.54, 1.807) is 0 Å². The maximum absolute atomic E-state index is 6.26. The molecule has 0 spiro atoms. The molecule has 5 heteroatoms. The standard InChI is InChI=1S/C16H15ClN4/c17-14-4-3-12(16-13(14)2-1-5-19-16)10-20-8-9-21-7-6-18-15(21)11-20/h1-7H,8-11H2. The first kappa shape index (κ1) is 12.8. The monoisotopic (exact) mass is 298 g/mol. The summed E-state index contributed by atoms with van der Waals surface area (Å²) in [5.41, 5.74) is 2.22. The summed E-state index contributed by atoms with van der Waals surface area (Å²) in [6, 6.07) is 8.00. The van der Waals surface area contributed by atoms with Gasteiger partial charge in [0.25, 0.3) is 0 Å². The second-order valence-electron chi connectivity index (χ2n) is 5.35. The van der Waals surface area contributed by atoms with E-state index in [9.17, 15) is 0 Å². The van der Waals surface area contributed by atoms with Crippen LogP contribution in [0.5, 0.6) is 0 Å². The van der Waals surface area contributed by atoms with Crippen LogP contribution in [0.15, 0.2) is 42.9 Å². The molecular formula is C16H15ClN4. The molecule has 1 aliphatic heterocycles. The molecule has 0 fully saturated rings. The summed E-state index contributed by atoms with van der Waals surface area (Å²) >= 11 is 6.26. The molecule has 0 saturated heterocycles. The van der Waals surface area contributed by atoms with Crippen LogP contribution in [0.3, 0.4) is 0 Å². The highest BCUT2D eigenvalue weighted by molar-refractivity contribution is 6.35. The fourth-order valence-electron chi connectivity index (χ4n) is 2.92. The second kappa shape index (κ2) is 5.13. The van der Waals surface area contributed by atoms with Gasteiger partial charge in [-0.05, 0) is 23.8 Å². The quantitative estimate of drug-likeness (QED) is 0.729. The van der Waals surface area contributed by atoms with E-state index in [1.165, 1.54) is 5.56 Å². The molecule has 3 aromatic rings. The number of halogens is 1. The average Bonchev–Trinajstić information content (AvgIpc) is 2.98. The van der Waals surface area contributed by atoms with Crippen molar-refractivity contribution in [1.82, 2.24) is 19.4 Å². The first-order chi connectivity index (χ1) is 10.3. The van der Waals surface area contributed by atoms with Crippen LogP contribution in [0.2, 0.25) is 5.02 Å². The fraction of sp³-hybridized carbons (Fsp3) is 0.250. The molecule has 1 aromatic carbocycles. The van der Waals surface area contributed by atoms with E-state index in [0.717, 1.165) is 47.9 Å². The Morgan fingerprint density at radius 1 is 1.10 bits per heavy atom. The van der Waals surface area contributed by atoms with E-state index in [2.05, 4.69) is 25.5 Å². The summed E-state index contributed by atoms with van der Waals surface area (Å²) in [7, 11) is 0. The third kappa shape index (κ3) is 2.30. The molecule has 1 aliphatic rings. The molecule has 0 aliphatic carbocycles. The van der Waals surface area contributed by atoms with E-state index in [4.69, 9.17) is 11.6 Å². The van der Waals surface area contributed by atoms with Crippen LogP contribution >= 0.6 is 11.6 Å². The van der Waals surface area contributed by atoms with Crippen molar-refractivity contribution in [3.63, 3.8) is 0 Å². The van der Waals surface area contributed by atoms with E-state index >= 15 is 0 Å². The van der Waals surface area contributed by atoms with Gasteiger partial charge in [-0.1, -0.05) is 17.7 Å². The molecule has 0 radical (unpaired) electrons. The lowest BCUT2D eigenvalue weighted by Crippen LogP contribution is -2.33. The highest BCUT2D eigenvalue weighted by Crippen LogP contribution is 2.26. The van der Waals surface area contributed by atoms with Gasteiger partial charge in [0.05, 0.1) is 12.1 Å². The number of imidazole rings is 1. The van der Waals surface area contributed by atoms with Gasteiger partial charge in [-0.2, -0.15) is 0 Å². The van der Waals surface area contributed by atoms with E-state index in [-0.39, 0.29) is 0 Å². The van der Waals surface area contributed by atoms with Crippen LogP contribution in [0.25, 0.3) is 10.9 Å². The highest BCUT2D eigenvalue weighted by Gasteiger charge is 2.17. The van der Waals surface area contributed by atoms with E-state index in [0.29, 0.717) is 0 Å². The van der Waals surface area contributed by atoms with Gasteiger partial charge >= 0.3 is 0 Å². The predicted octanol–water partition coefficient (Wildman–Crippen LogP) is 3.10. The molecule has 21 heavy (non-hydrogen) atoms. The first-order valence-corrected chi connectivity index (χ1v) is 7.43. The smallest absolute Gasteiger partial charge is 0.122 e. The summed E-state index contributed by atoms with van der Waals surface area (Å²) in [5.74, 6) is 1.13. The minimum Gasteiger partial charge on any atom is -0.333 e. The molecule has 4 rings (SSSR count). The number of aromatic nitrogens is 3. The maximum Gasteiger partial charge on any atom is 0.122 e. The number of hydrogen-bond acceptors (Lipinski definition) is 3. The van der Waals surface area contributed by atoms with Crippen molar-refractivity contribution >= 4 is 22.5 Å². The number of benzene rings is 1. The van der Waals surface area contributed by atoms with Gasteiger partial charge in [0.2, 0.25) is 0 Å². The summed E-state index contributed by atoms with van der Waals surface area (Å²) in [6.07, 6.45) is 5.75. The molecule has 2 aromatic heterocycles. The van der Waals surface area contributed by atoms with Crippen molar-refractivity contribution < 1.29 is 0 Å². The summed E-state index contributed by atoms with van der Waals surface area (Å²) < 4.78 is 2.22. The van der Waals surface area contributed by atoms with Gasteiger partial charge in [-0.3, -0.25) is 9.88 Å². The zero-order valence-electron chi connectivity index (χ0n) is 11.5. The third-order valence-electron chi connectivity index (χ3n) is 4.02. The Hall–Kier alpha value is -1.91. The van der Waals surface area contributed by atoms with Gasteiger partial charge in [-0.25, -0.2) is 4.98 Å². The Kier molecular flexibility index (Phi) is 3.13. The van der Waals surface area contributed by atoms with Crippen molar-refractivity contribution in [2.45, 2.75) is 19.6 Å². The predicted molar refractivity (Wildman–Crippen MR) is 83.1 cm³/mol. The fourth-order valence-corrected chi connectivity index (χ4v) is 3.14. The van der Waals surface area contributed by atoms with Crippen LogP contribution in [-0.4, -0.2) is 26.0 Å². The highest BCUT2D eigenvalue weighted by atomic mass is 35.5. The summed E-state index contributed by atoms with van der Waals surface area (Å²) in [5, 5.41) is 1.78. The molecule has 0 amide bonds. The molecule has 4 nitrogen and oxygen atoms in total. The van der Waals surface area contributed by atoms with Crippen molar-refractivity contribution in [3.8, 4) is 0 Å². The third-order valence-corrected chi connectivity index (χ3v) is 4.35. The van der Waals surface area contributed by atoms with Gasteiger partial charge < -0.3 is 4.57 Å². The van der Waals surface area contributed by atoms with E-state index < -0.39 is 0 Å². The number of rotatable bonds is 2. The number of pyridine rings is 1. The lowest BCUT2D eigenvalue weighted by atomic mass is 10.1. The SMILES string of the molecule is Clc1ccc(CN2CCn3ccnc3C2)c2ncccc12. The van der Waals surface area contributed by atoms with Crippen LogP contribution < -0.4 is 0 Å². The minimum atomic E-state index is 0.760. The topological polar surface area (TPSA) is 34.0 Å². The normalized spacial score (nSPS) is 15.3. The lowest BCUT2D eigenvalue weighted by Gasteiger charge is -2.27. The molecular weight excluding hydrogens is 284 g/mol. The molecule has 0 bridgehead atoms. The zero-order chi connectivity index (χ0) is 14.2.